The van der Waals surface area contributed by atoms with Crippen LogP contribution in [-0.2, 0) is 4.94 Å². The van der Waals surface area contributed by atoms with Crippen molar-refractivity contribution in [3.8, 4) is 0 Å². The van der Waals surface area contributed by atoms with Gasteiger partial charge in [0.1, 0.15) is 0 Å². The maximum absolute atomic E-state index is 10.2. The van der Waals surface area contributed by atoms with Gasteiger partial charge in [0.25, 0.3) is 0 Å². The number of thiophene rings is 1. The van der Waals surface area contributed by atoms with E-state index in [1.807, 2.05) is 22.9 Å². The van der Waals surface area contributed by atoms with Crippen molar-refractivity contribution in [3.63, 3.8) is 0 Å². The summed E-state index contributed by atoms with van der Waals surface area (Å²) in [6.07, 6.45) is 0. The van der Waals surface area contributed by atoms with Crippen molar-refractivity contribution in [1.82, 2.24) is 0 Å². The minimum absolute atomic E-state index is 0.153. The second kappa shape index (κ2) is 7.59. The van der Waals surface area contributed by atoms with Crippen LogP contribution in [0.4, 0.5) is 4.53 Å². The van der Waals surface area contributed by atoms with E-state index in [1.165, 1.54) is 0 Å². The largest absolute Gasteiger partial charge is 0.195 e. The molecule has 0 spiro atoms. The summed E-state index contributed by atoms with van der Waals surface area (Å²) in [7, 11) is 0. The zero-order valence-corrected chi connectivity index (χ0v) is 6.03. The lowest BCUT2D eigenvalue weighted by Gasteiger charge is -1.68. The molecule has 0 fully saturated rings. The van der Waals surface area contributed by atoms with Gasteiger partial charge in [0.05, 0.1) is 6.61 Å². The highest BCUT2D eigenvalue weighted by molar-refractivity contribution is 7.07. The van der Waals surface area contributed by atoms with E-state index >= 15 is 0 Å². The number of hydrogen-bond acceptors (Lipinski definition) is 2. The molecule has 0 aliphatic heterocycles. The Morgan fingerprint density at radius 2 is 1.89 bits per heavy atom. The van der Waals surface area contributed by atoms with Crippen LogP contribution < -0.4 is 0 Å². The molecule has 0 N–H and O–H groups in total. The van der Waals surface area contributed by atoms with Gasteiger partial charge in [-0.25, -0.2) is 0 Å². The maximum Gasteiger partial charge on any atom is 0.0848 e. The van der Waals surface area contributed by atoms with Crippen LogP contribution in [0.1, 0.15) is 6.92 Å². The molecular weight excluding hydrogens is 139 g/mol. The van der Waals surface area contributed by atoms with E-state index in [1.54, 1.807) is 18.3 Å². The van der Waals surface area contributed by atoms with Crippen LogP contribution >= 0.6 is 11.3 Å². The molecule has 3 heteroatoms. The first kappa shape index (κ1) is 8.59. The molecule has 1 aromatic heterocycles. The smallest absolute Gasteiger partial charge is 0.0848 e. The van der Waals surface area contributed by atoms with E-state index in [4.69, 9.17) is 0 Å². The monoisotopic (exact) mass is 148 g/mol. The molecule has 0 bridgehead atoms. The van der Waals surface area contributed by atoms with Crippen molar-refractivity contribution in [3.05, 3.63) is 22.9 Å². The molecule has 0 saturated carbocycles. The van der Waals surface area contributed by atoms with E-state index in [2.05, 4.69) is 4.94 Å². The molecule has 1 nitrogen and oxygen atoms in total. The summed E-state index contributed by atoms with van der Waals surface area (Å²) in [5, 5.41) is 4.08. The Bertz CT molecular complexity index is 88.6. The van der Waals surface area contributed by atoms with Crippen molar-refractivity contribution in [2.24, 2.45) is 0 Å². The Kier molecular flexibility index (Phi) is 7.24. The first-order valence-electron chi connectivity index (χ1n) is 2.62. The summed E-state index contributed by atoms with van der Waals surface area (Å²) in [5.41, 5.74) is 0. The molecule has 0 unspecified atom stereocenters. The lowest BCUT2D eigenvalue weighted by molar-refractivity contribution is -0.125. The van der Waals surface area contributed by atoms with Gasteiger partial charge in [0.15, 0.2) is 0 Å². The summed E-state index contributed by atoms with van der Waals surface area (Å²) in [6.45, 7) is 1.74. The predicted molar refractivity (Wildman–Crippen MR) is 37.1 cm³/mol. The van der Waals surface area contributed by atoms with E-state index in [0.717, 1.165) is 0 Å². The van der Waals surface area contributed by atoms with Crippen LogP contribution in [0.3, 0.4) is 0 Å². The average molecular weight is 148 g/mol. The van der Waals surface area contributed by atoms with E-state index in [-0.39, 0.29) is 6.61 Å². The number of hydrogen-bond donors (Lipinski definition) is 0. The topological polar surface area (TPSA) is 9.23 Å². The third-order valence-corrected chi connectivity index (χ3v) is 1.16. The van der Waals surface area contributed by atoms with Crippen molar-refractivity contribution < 1.29 is 9.47 Å². The highest BCUT2D eigenvalue weighted by atomic mass is 32.1. The zero-order chi connectivity index (χ0) is 6.95. The maximum atomic E-state index is 10.2. The SMILES string of the molecule is CCOF.c1ccsc1. The lowest BCUT2D eigenvalue weighted by Crippen LogP contribution is -1.66. The average Bonchev–Trinajstić information content (AvgIpc) is 2.43. The summed E-state index contributed by atoms with van der Waals surface area (Å²) >= 11 is 1.71. The van der Waals surface area contributed by atoms with E-state index in [9.17, 15) is 4.53 Å². The Morgan fingerprint density at radius 1 is 1.44 bits per heavy atom. The van der Waals surface area contributed by atoms with Crippen LogP contribution in [0.2, 0.25) is 0 Å². The van der Waals surface area contributed by atoms with Crippen molar-refractivity contribution >= 4 is 11.3 Å². The van der Waals surface area contributed by atoms with E-state index < -0.39 is 0 Å². The highest BCUT2D eigenvalue weighted by Crippen LogP contribution is 1.91. The van der Waals surface area contributed by atoms with Crippen molar-refractivity contribution in [2.45, 2.75) is 6.92 Å². The molecule has 0 amide bonds. The van der Waals surface area contributed by atoms with Gasteiger partial charge in [-0.3, -0.25) is 0 Å². The molecule has 1 heterocycles. The predicted octanol–water partition coefficient (Wildman–Crippen LogP) is 2.66. The Balaban J connectivity index is 0.000000148. The molecule has 1 rings (SSSR count). The van der Waals surface area contributed by atoms with Gasteiger partial charge in [-0.05, 0) is 22.2 Å². The highest BCUT2D eigenvalue weighted by Gasteiger charge is 1.58. The molecule has 0 radical (unpaired) electrons. The fraction of sp³-hybridized carbons (Fsp3) is 0.333. The van der Waals surface area contributed by atoms with Gasteiger partial charge in [-0.2, -0.15) is 16.3 Å². The van der Waals surface area contributed by atoms with Gasteiger partial charge >= 0.3 is 0 Å². The Labute approximate surface area is 58.0 Å². The summed E-state index contributed by atoms with van der Waals surface area (Å²) in [5.74, 6) is 0. The van der Waals surface area contributed by atoms with Gasteiger partial charge in [0.2, 0.25) is 0 Å². The molecule has 0 aliphatic rings. The van der Waals surface area contributed by atoms with Gasteiger partial charge in [0, 0.05) is 0 Å². The van der Waals surface area contributed by atoms with Crippen molar-refractivity contribution in [1.29, 1.82) is 0 Å². The number of rotatable bonds is 1. The lowest BCUT2D eigenvalue weighted by atomic mass is 10.7. The third kappa shape index (κ3) is 7.59. The summed E-state index contributed by atoms with van der Waals surface area (Å²) < 4.78 is 10.2. The van der Waals surface area contributed by atoms with Crippen LogP contribution in [-0.4, -0.2) is 6.61 Å². The fourth-order valence-corrected chi connectivity index (χ4v) is 0.680. The van der Waals surface area contributed by atoms with Gasteiger partial charge in [-0.15, -0.1) is 0 Å². The Morgan fingerprint density at radius 3 is 2.00 bits per heavy atom. The molecule has 0 aromatic carbocycles. The summed E-state index contributed by atoms with van der Waals surface area (Å²) in [6, 6.07) is 4.04. The van der Waals surface area contributed by atoms with Crippen LogP contribution in [0.15, 0.2) is 22.9 Å². The molecule has 52 valence electrons. The molecule has 9 heavy (non-hydrogen) atoms. The minimum Gasteiger partial charge on any atom is -0.195 e. The molecule has 0 aliphatic carbocycles. The molecule has 0 saturated heterocycles. The zero-order valence-electron chi connectivity index (χ0n) is 5.21. The second-order valence-corrected chi connectivity index (χ2v) is 2.01. The number of halogens is 1. The molecule has 1 aromatic rings. The van der Waals surface area contributed by atoms with Crippen LogP contribution in [0, 0.1) is 0 Å². The first-order chi connectivity index (χ1) is 4.41. The Hall–Kier alpha value is -0.410. The first-order valence-corrected chi connectivity index (χ1v) is 3.56. The van der Waals surface area contributed by atoms with Crippen LogP contribution in [0.5, 0.6) is 0 Å². The van der Waals surface area contributed by atoms with Crippen LogP contribution in [0.25, 0.3) is 0 Å². The molecular formula is C6H9FOS. The van der Waals surface area contributed by atoms with Gasteiger partial charge in [-0.1, -0.05) is 12.1 Å². The van der Waals surface area contributed by atoms with Gasteiger partial charge < -0.3 is 0 Å². The standard InChI is InChI=1S/C4H4S.C2H5FO/c1-2-4-5-3-1;1-2-4-3/h1-4H;2H2,1H3. The van der Waals surface area contributed by atoms with E-state index in [0.29, 0.717) is 0 Å². The fourth-order valence-electron chi connectivity index (χ4n) is 0.227. The van der Waals surface area contributed by atoms with Crippen molar-refractivity contribution in [2.75, 3.05) is 6.61 Å². The minimum atomic E-state index is 0.153. The normalized spacial score (nSPS) is 7.78. The summed E-state index contributed by atoms with van der Waals surface area (Å²) in [4.78, 5) is 3.04. The third-order valence-electron chi connectivity index (χ3n) is 0.534. The quantitative estimate of drug-likeness (QED) is 0.595. The molecule has 0 atom stereocenters. The second-order valence-electron chi connectivity index (χ2n) is 1.19.